The predicted octanol–water partition coefficient (Wildman–Crippen LogP) is 3.04. The molecule has 1 aromatic carbocycles. The summed E-state index contributed by atoms with van der Waals surface area (Å²) in [6.45, 7) is 2.39. The smallest absolute Gasteiger partial charge is 0.0461 e. The molecule has 3 N–H and O–H groups in total. The third-order valence-corrected chi connectivity index (χ3v) is 4.16. The van der Waals surface area contributed by atoms with E-state index in [9.17, 15) is 0 Å². The SMILES string of the molecule is CC(CCO)SCc1ccc(Br)c(N)c1. The van der Waals surface area contributed by atoms with E-state index < -0.39 is 0 Å². The summed E-state index contributed by atoms with van der Waals surface area (Å²) in [5.74, 6) is 0.943. The van der Waals surface area contributed by atoms with E-state index in [1.54, 1.807) is 0 Å². The van der Waals surface area contributed by atoms with Crippen LogP contribution in [0.1, 0.15) is 18.9 Å². The average Bonchev–Trinajstić information content (AvgIpc) is 2.20. The number of aliphatic hydroxyl groups excluding tert-OH is 1. The first-order chi connectivity index (χ1) is 7.13. The first-order valence-corrected chi connectivity index (χ1v) is 6.74. The van der Waals surface area contributed by atoms with Crippen molar-refractivity contribution in [3.63, 3.8) is 0 Å². The monoisotopic (exact) mass is 289 g/mol. The fraction of sp³-hybridized carbons (Fsp3) is 0.455. The number of nitrogens with two attached hydrogens (primary N) is 1. The van der Waals surface area contributed by atoms with Crippen LogP contribution in [-0.4, -0.2) is 17.0 Å². The third-order valence-electron chi connectivity index (χ3n) is 2.13. The van der Waals surface area contributed by atoms with E-state index in [1.807, 2.05) is 23.9 Å². The van der Waals surface area contributed by atoms with Crippen LogP contribution in [0.25, 0.3) is 0 Å². The molecule has 1 unspecified atom stereocenters. The number of thioether (sulfide) groups is 1. The zero-order chi connectivity index (χ0) is 11.3. The zero-order valence-corrected chi connectivity index (χ0v) is 11.1. The van der Waals surface area contributed by atoms with Gasteiger partial charge in [0.2, 0.25) is 0 Å². The lowest BCUT2D eigenvalue weighted by Gasteiger charge is -2.09. The van der Waals surface area contributed by atoms with Gasteiger partial charge in [0, 0.05) is 27.8 Å². The second-order valence-corrected chi connectivity index (χ2v) is 5.77. The molecule has 0 aliphatic heterocycles. The Bertz CT molecular complexity index is 319. The van der Waals surface area contributed by atoms with Crippen molar-refractivity contribution in [1.82, 2.24) is 0 Å². The van der Waals surface area contributed by atoms with E-state index in [0.717, 1.165) is 22.3 Å². The molecule has 0 bridgehead atoms. The maximum atomic E-state index is 8.77. The highest BCUT2D eigenvalue weighted by molar-refractivity contribution is 9.10. The van der Waals surface area contributed by atoms with Crippen LogP contribution in [0.3, 0.4) is 0 Å². The van der Waals surface area contributed by atoms with Crippen molar-refractivity contribution in [2.75, 3.05) is 12.3 Å². The second kappa shape index (κ2) is 6.40. The molecule has 0 radical (unpaired) electrons. The molecule has 0 fully saturated rings. The number of hydrogen-bond donors (Lipinski definition) is 2. The molecule has 0 heterocycles. The molecule has 0 aliphatic carbocycles. The molecule has 0 saturated heterocycles. The average molecular weight is 290 g/mol. The van der Waals surface area contributed by atoms with Crippen LogP contribution >= 0.6 is 27.7 Å². The van der Waals surface area contributed by atoms with E-state index in [4.69, 9.17) is 10.8 Å². The summed E-state index contributed by atoms with van der Waals surface area (Å²) in [5, 5.41) is 9.26. The van der Waals surface area contributed by atoms with Crippen molar-refractivity contribution in [2.24, 2.45) is 0 Å². The van der Waals surface area contributed by atoms with Crippen LogP contribution in [-0.2, 0) is 5.75 Å². The second-order valence-electron chi connectivity index (χ2n) is 3.49. The normalized spacial score (nSPS) is 12.7. The van der Waals surface area contributed by atoms with Gasteiger partial charge in [-0.15, -0.1) is 0 Å². The molecular formula is C11H16BrNOS. The maximum absolute atomic E-state index is 8.77. The van der Waals surface area contributed by atoms with Crippen molar-refractivity contribution >= 4 is 33.4 Å². The van der Waals surface area contributed by atoms with Gasteiger partial charge in [0.05, 0.1) is 0 Å². The van der Waals surface area contributed by atoms with E-state index in [1.165, 1.54) is 5.56 Å². The Labute approximate surface area is 103 Å². The molecule has 4 heteroatoms. The summed E-state index contributed by atoms with van der Waals surface area (Å²) in [6, 6.07) is 6.03. The summed E-state index contributed by atoms with van der Waals surface area (Å²) in [6.07, 6.45) is 0.844. The van der Waals surface area contributed by atoms with E-state index >= 15 is 0 Å². The summed E-state index contributed by atoms with van der Waals surface area (Å²) in [7, 11) is 0. The lowest BCUT2D eigenvalue weighted by atomic mass is 10.2. The lowest BCUT2D eigenvalue weighted by molar-refractivity contribution is 0.289. The molecule has 0 saturated carbocycles. The molecule has 15 heavy (non-hydrogen) atoms. The maximum Gasteiger partial charge on any atom is 0.0461 e. The highest BCUT2D eigenvalue weighted by Gasteiger charge is 2.03. The first kappa shape index (κ1) is 12.9. The lowest BCUT2D eigenvalue weighted by Crippen LogP contribution is -2.00. The van der Waals surface area contributed by atoms with Gasteiger partial charge >= 0.3 is 0 Å². The fourth-order valence-corrected chi connectivity index (χ4v) is 2.36. The van der Waals surface area contributed by atoms with E-state index in [-0.39, 0.29) is 6.61 Å². The standard InChI is InChI=1S/C11H16BrNOS/c1-8(4-5-14)15-7-9-2-3-10(12)11(13)6-9/h2-3,6,8,14H,4-5,7,13H2,1H3. The van der Waals surface area contributed by atoms with Crippen molar-refractivity contribution in [2.45, 2.75) is 24.3 Å². The predicted molar refractivity (Wildman–Crippen MR) is 71.0 cm³/mol. The van der Waals surface area contributed by atoms with E-state index in [2.05, 4.69) is 28.9 Å². The molecule has 1 rings (SSSR count). The molecule has 2 nitrogen and oxygen atoms in total. The van der Waals surface area contributed by atoms with Gasteiger partial charge in [-0.3, -0.25) is 0 Å². The minimum Gasteiger partial charge on any atom is -0.398 e. The summed E-state index contributed by atoms with van der Waals surface area (Å²) in [5.41, 5.74) is 7.80. The number of aliphatic hydroxyl groups is 1. The Morgan fingerprint density at radius 3 is 2.87 bits per heavy atom. The van der Waals surface area contributed by atoms with Gasteiger partial charge in [-0.25, -0.2) is 0 Å². The molecule has 1 aromatic rings. The number of hydrogen-bond acceptors (Lipinski definition) is 3. The zero-order valence-electron chi connectivity index (χ0n) is 8.74. The Kier molecular flexibility index (Phi) is 5.50. The molecule has 1 atom stereocenters. The fourth-order valence-electron chi connectivity index (χ4n) is 1.19. The van der Waals surface area contributed by atoms with Crippen molar-refractivity contribution in [3.05, 3.63) is 28.2 Å². The number of rotatable bonds is 5. The Balaban J connectivity index is 2.47. The van der Waals surface area contributed by atoms with Gasteiger partial charge in [-0.05, 0) is 40.0 Å². The molecule has 0 aliphatic rings. The van der Waals surface area contributed by atoms with Crippen LogP contribution < -0.4 is 5.73 Å². The number of benzene rings is 1. The van der Waals surface area contributed by atoms with Crippen LogP contribution in [0.4, 0.5) is 5.69 Å². The van der Waals surface area contributed by atoms with E-state index in [0.29, 0.717) is 5.25 Å². The number of nitrogen functional groups attached to an aromatic ring is 1. The minimum atomic E-state index is 0.261. The molecule has 0 spiro atoms. The topological polar surface area (TPSA) is 46.2 Å². The molecule has 0 aromatic heterocycles. The van der Waals surface area contributed by atoms with Gasteiger partial charge in [0.1, 0.15) is 0 Å². The van der Waals surface area contributed by atoms with Crippen molar-refractivity contribution in [1.29, 1.82) is 0 Å². The van der Waals surface area contributed by atoms with Gasteiger partial charge in [0.25, 0.3) is 0 Å². The van der Waals surface area contributed by atoms with Gasteiger partial charge < -0.3 is 10.8 Å². The van der Waals surface area contributed by atoms with Gasteiger partial charge in [0.15, 0.2) is 0 Å². The van der Waals surface area contributed by atoms with Crippen LogP contribution in [0, 0.1) is 0 Å². The summed E-state index contributed by atoms with van der Waals surface area (Å²) in [4.78, 5) is 0. The quantitative estimate of drug-likeness (QED) is 0.819. The molecule has 0 amide bonds. The first-order valence-electron chi connectivity index (χ1n) is 4.90. The Morgan fingerprint density at radius 2 is 2.27 bits per heavy atom. The van der Waals surface area contributed by atoms with Crippen LogP contribution in [0.5, 0.6) is 0 Å². The van der Waals surface area contributed by atoms with Crippen molar-refractivity contribution < 1.29 is 5.11 Å². The number of halogens is 1. The highest BCUT2D eigenvalue weighted by atomic mass is 79.9. The summed E-state index contributed by atoms with van der Waals surface area (Å²) >= 11 is 5.21. The van der Waals surface area contributed by atoms with Crippen LogP contribution in [0.2, 0.25) is 0 Å². The summed E-state index contributed by atoms with van der Waals surface area (Å²) < 4.78 is 0.944. The molecule has 84 valence electrons. The minimum absolute atomic E-state index is 0.261. The van der Waals surface area contributed by atoms with Gasteiger partial charge in [-0.1, -0.05) is 13.0 Å². The van der Waals surface area contributed by atoms with Crippen LogP contribution in [0.15, 0.2) is 22.7 Å². The molecular weight excluding hydrogens is 274 g/mol. The Hall–Kier alpha value is -0.190. The Morgan fingerprint density at radius 1 is 1.53 bits per heavy atom. The highest BCUT2D eigenvalue weighted by Crippen LogP contribution is 2.25. The van der Waals surface area contributed by atoms with Gasteiger partial charge in [-0.2, -0.15) is 11.8 Å². The van der Waals surface area contributed by atoms with Crippen molar-refractivity contribution in [3.8, 4) is 0 Å². The number of anilines is 1. The third kappa shape index (κ3) is 4.45. The largest absolute Gasteiger partial charge is 0.398 e.